The van der Waals surface area contributed by atoms with Crippen molar-refractivity contribution in [3.8, 4) is 0 Å². The normalized spacial score (nSPS) is 14.0. The number of hydrogen-bond donors (Lipinski definition) is 0. The molecular weight excluding hydrogens is 152 g/mol. The van der Waals surface area contributed by atoms with Crippen molar-refractivity contribution in [3.05, 3.63) is 0 Å². The average molecular weight is 172 g/mol. The highest BCUT2D eigenvalue weighted by Gasteiger charge is 2.27. The Morgan fingerprint density at radius 3 is 2.25 bits per heavy atom. The zero-order valence-electron chi connectivity index (χ0n) is 8.59. The number of carbonyl (C=O) groups is 1. The molecule has 0 saturated heterocycles. The summed E-state index contributed by atoms with van der Waals surface area (Å²) in [4.78, 5) is 9.99. The van der Waals surface area contributed by atoms with E-state index >= 15 is 0 Å². The molecular formula is C10H20O2. The maximum Gasteiger partial charge on any atom is 0.293 e. The van der Waals surface area contributed by atoms with Crippen LogP contribution in [0.2, 0.25) is 0 Å². The topological polar surface area (TPSA) is 26.3 Å². The van der Waals surface area contributed by atoms with Gasteiger partial charge in [0.1, 0.15) is 0 Å². The quantitative estimate of drug-likeness (QED) is 0.576. The Morgan fingerprint density at radius 1 is 1.42 bits per heavy atom. The number of ether oxygens (including phenoxy) is 1. The highest BCUT2D eigenvalue weighted by molar-refractivity contribution is 5.36. The molecule has 0 aliphatic carbocycles. The molecule has 12 heavy (non-hydrogen) atoms. The van der Waals surface area contributed by atoms with E-state index in [0.29, 0.717) is 24.4 Å². The summed E-state index contributed by atoms with van der Waals surface area (Å²) in [6, 6.07) is 0. The Bertz CT molecular complexity index is 128. The minimum Gasteiger partial charge on any atom is -0.468 e. The van der Waals surface area contributed by atoms with E-state index < -0.39 is 0 Å². The molecule has 1 unspecified atom stereocenters. The fourth-order valence-electron chi connectivity index (χ4n) is 1.33. The van der Waals surface area contributed by atoms with Crippen molar-refractivity contribution in [2.75, 3.05) is 6.61 Å². The second-order valence-electron chi connectivity index (χ2n) is 3.69. The minimum atomic E-state index is 0.309. The van der Waals surface area contributed by atoms with Gasteiger partial charge in [0.05, 0.1) is 6.61 Å². The molecule has 0 N–H and O–H groups in total. The van der Waals surface area contributed by atoms with Gasteiger partial charge in [-0.25, -0.2) is 0 Å². The molecule has 0 rings (SSSR count). The van der Waals surface area contributed by atoms with E-state index in [-0.39, 0.29) is 0 Å². The molecule has 0 aliphatic rings. The van der Waals surface area contributed by atoms with Crippen molar-refractivity contribution < 1.29 is 9.53 Å². The van der Waals surface area contributed by atoms with Crippen molar-refractivity contribution in [2.24, 2.45) is 11.3 Å². The van der Waals surface area contributed by atoms with Crippen LogP contribution in [-0.2, 0) is 9.53 Å². The first-order chi connectivity index (χ1) is 5.60. The third-order valence-corrected chi connectivity index (χ3v) is 3.22. The summed E-state index contributed by atoms with van der Waals surface area (Å²) in [6.07, 6.45) is 2.26. The maximum absolute atomic E-state index is 9.99. The van der Waals surface area contributed by atoms with E-state index in [1.54, 1.807) is 0 Å². The fraction of sp³-hybridized carbons (Fsp3) is 0.900. The second kappa shape index (κ2) is 5.18. The van der Waals surface area contributed by atoms with Gasteiger partial charge in [-0.05, 0) is 11.3 Å². The fourth-order valence-corrected chi connectivity index (χ4v) is 1.33. The van der Waals surface area contributed by atoms with E-state index in [1.807, 2.05) is 0 Å². The molecule has 0 aromatic heterocycles. The first kappa shape index (κ1) is 11.5. The lowest BCUT2D eigenvalue weighted by atomic mass is 9.74. The summed E-state index contributed by atoms with van der Waals surface area (Å²) in [5.74, 6) is 0.442. The van der Waals surface area contributed by atoms with Gasteiger partial charge >= 0.3 is 0 Å². The lowest BCUT2D eigenvalue weighted by Gasteiger charge is -2.33. The van der Waals surface area contributed by atoms with Crippen LogP contribution in [0.3, 0.4) is 0 Å². The summed E-state index contributed by atoms with van der Waals surface area (Å²) >= 11 is 0. The largest absolute Gasteiger partial charge is 0.468 e. The predicted octanol–water partition coefficient (Wildman–Crippen LogP) is 2.62. The van der Waals surface area contributed by atoms with Gasteiger partial charge in [0.15, 0.2) is 0 Å². The lowest BCUT2D eigenvalue weighted by molar-refractivity contribution is -0.131. The van der Waals surface area contributed by atoms with Gasteiger partial charge < -0.3 is 4.74 Å². The Morgan fingerprint density at radius 2 is 1.92 bits per heavy atom. The van der Waals surface area contributed by atoms with Gasteiger partial charge in [-0.15, -0.1) is 0 Å². The zero-order chi connectivity index (χ0) is 9.61. The van der Waals surface area contributed by atoms with Crippen molar-refractivity contribution in [1.82, 2.24) is 0 Å². The Balaban J connectivity index is 4.01. The Labute approximate surface area is 75.3 Å². The van der Waals surface area contributed by atoms with Crippen LogP contribution in [-0.4, -0.2) is 13.1 Å². The van der Waals surface area contributed by atoms with E-state index in [9.17, 15) is 4.79 Å². The van der Waals surface area contributed by atoms with E-state index in [0.717, 1.165) is 12.8 Å². The molecule has 0 heterocycles. The number of rotatable bonds is 6. The van der Waals surface area contributed by atoms with Crippen LogP contribution in [0.25, 0.3) is 0 Å². The summed E-state index contributed by atoms with van der Waals surface area (Å²) < 4.78 is 4.76. The molecule has 72 valence electrons. The molecule has 0 bridgehead atoms. The van der Waals surface area contributed by atoms with Gasteiger partial charge in [0.25, 0.3) is 6.47 Å². The summed E-state index contributed by atoms with van der Waals surface area (Å²) in [5.41, 5.74) is 0.309. The highest BCUT2D eigenvalue weighted by atomic mass is 16.5. The molecule has 0 aromatic carbocycles. The van der Waals surface area contributed by atoms with Crippen LogP contribution < -0.4 is 0 Å². The number of hydrogen-bond acceptors (Lipinski definition) is 2. The van der Waals surface area contributed by atoms with Crippen LogP contribution in [0, 0.1) is 11.3 Å². The minimum absolute atomic E-state index is 0.309. The van der Waals surface area contributed by atoms with Gasteiger partial charge in [-0.3, -0.25) is 4.79 Å². The first-order valence-corrected chi connectivity index (χ1v) is 4.66. The molecule has 2 nitrogen and oxygen atoms in total. The van der Waals surface area contributed by atoms with Crippen LogP contribution in [0.1, 0.15) is 40.5 Å². The van der Waals surface area contributed by atoms with Gasteiger partial charge in [-0.2, -0.15) is 0 Å². The molecule has 0 aliphatic heterocycles. The van der Waals surface area contributed by atoms with E-state index in [1.165, 1.54) is 0 Å². The van der Waals surface area contributed by atoms with E-state index in [4.69, 9.17) is 4.74 Å². The summed E-state index contributed by atoms with van der Waals surface area (Å²) in [7, 11) is 0. The van der Waals surface area contributed by atoms with Gasteiger partial charge in [-0.1, -0.05) is 40.5 Å². The van der Waals surface area contributed by atoms with Gasteiger partial charge in [0, 0.05) is 0 Å². The van der Waals surface area contributed by atoms with Crippen molar-refractivity contribution in [2.45, 2.75) is 40.5 Å². The zero-order valence-corrected chi connectivity index (χ0v) is 8.59. The maximum atomic E-state index is 9.99. The van der Waals surface area contributed by atoms with E-state index in [2.05, 4.69) is 27.7 Å². The SMILES string of the molecule is CCC(C)(CC)C(C)COC=O. The van der Waals surface area contributed by atoms with Crippen LogP contribution in [0.4, 0.5) is 0 Å². The molecule has 0 spiro atoms. The van der Waals surface area contributed by atoms with Crippen LogP contribution >= 0.6 is 0 Å². The van der Waals surface area contributed by atoms with Crippen molar-refractivity contribution >= 4 is 6.47 Å². The molecule has 0 amide bonds. The van der Waals surface area contributed by atoms with Crippen molar-refractivity contribution in [1.29, 1.82) is 0 Å². The highest BCUT2D eigenvalue weighted by Crippen LogP contribution is 2.34. The molecule has 0 fully saturated rings. The number of carbonyl (C=O) groups excluding carboxylic acids is 1. The molecule has 1 atom stereocenters. The molecule has 0 aromatic rings. The average Bonchev–Trinajstić information content (AvgIpc) is 2.12. The monoisotopic (exact) mass is 172 g/mol. The Hall–Kier alpha value is -0.530. The third-order valence-electron chi connectivity index (χ3n) is 3.22. The van der Waals surface area contributed by atoms with Crippen LogP contribution in [0.15, 0.2) is 0 Å². The molecule has 0 radical (unpaired) electrons. The lowest BCUT2D eigenvalue weighted by Crippen LogP contribution is -2.27. The third kappa shape index (κ3) is 2.84. The predicted molar refractivity (Wildman–Crippen MR) is 49.9 cm³/mol. The molecule has 0 saturated carbocycles. The standard InChI is InChI=1S/C10H20O2/c1-5-10(4,6-2)9(3)7-12-8-11/h8-9H,5-7H2,1-4H3. The summed E-state index contributed by atoms with van der Waals surface area (Å²) in [5, 5.41) is 0. The van der Waals surface area contributed by atoms with Gasteiger partial charge in [0.2, 0.25) is 0 Å². The smallest absolute Gasteiger partial charge is 0.293 e. The second-order valence-corrected chi connectivity index (χ2v) is 3.69. The van der Waals surface area contributed by atoms with Crippen molar-refractivity contribution in [3.63, 3.8) is 0 Å². The molecule has 2 heteroatoms. The first-order valence-electron chi connectivity index (χ1n) is 4.66. The summed E-state index contributed by atoms with van der Waals surface area (Å²) in [6.45, 7) is 9.81. The van der Waals surface area contributed by atoms with Crippen LogP contribution in [0.5, 0.6) is 0 Å². The Kier molecular flexibility index (Phi) is 4.95.